The third-order valence-corrected chi connectivity index (χ3v) is 8.56. The van der Waals surface area contributed by atoms with Gasteiger partial charge in [-0.2, -0.15) is 0 Å². The summed E-state index contributed by atoms with van der Waals surface area (Å²) in [5.41, 5.74) is 5.36. The van der Waals surface area contributed by atoms with Crippen LogP contribution in [0.4, 0.5) is 0 Å². The third-order valence-electron chi connectivity index (χ3n) is 7.76. The Balaban J connectivity index is 1.43. The maximum atomic E-state index is 8.96. The molecule has 0 heterocycles. The van der Waals surface area contributed by atoms with E-state index in [1.54, 1.807) is 0 Å². The summed E-state index contributed by atoms with van der Waals surface area (Å²) in [4.78, 5) is 0. The van der Waals surface area contributed by atoms with E-state index < -0.39 is 24.2 Å². The normalized spacial score (nSPS) is 14.3. The molecular weight excluding hydrogens is 560 g/mol. The Hall–Kier alpha value is -4.72. The largest absolute Gasteiger partial charge is 0.0630 e. The van der Waals surface area contributed by atoms with Gasteiger partial charge in [0.05, 0.1) is 11.0 Å². The predicted octanol–water partition coefficient (Wildman–Crippen LogP) is 12.1. The van der Waals surface area contributed by atoms with E-state index in [0.29, 0.717) is 11.1 Å². The maximum absolute atomic E-state index is 8.96. The lowest BCUT2D eigenvalue weighted by molar-refractivity contribution is 1.59. The molecule has 8 aromatic carbocycles. The Morgan fingerprint density at radius 3 is 1.68 bits per heavy atom. The van der Waals surface area contributed by atoms with E-state index in [9.17, 15) is 0 Å². The van der Waals surface area contributed by atoms with Crippen molar-refractivity contribution in [1.29, 1.82) is 0 Å². The first-order valence-electron chi connectivity index (χ1n) is 17.3. The van der Waals surface area contributed by atoms with Crippen molar-refractivity contribution in [2.24, 2.45) is 0 Å². The van der Waals surface area contributed by atoms with Crippen LogP contribution >= 0.6 is 15.9 Å². The summed E-state index contributed by atoms with van der Waals surface area (Å²) >= 11 is 3.49. The number of benzene rings is 8. The molecule has 0 unspecified atom stereocenters. The van der Waals surface area contributed by atoms with Gasteiger partial charge in [0.2, 0.25) is 0 Å². The number of hydrogen-bond donors (Lipinski definition) is 0. The van der Waals surface area contributed by atoms with E-state index in [1.807, 2.05) is 60.7 Å². The van der Waals surface area contributed by atoms with E-state index in [4.69, 9.17) is 11.0 Å². The van der Waals surface area contributed by atoms with E-state index in [2.05, 4.69) is 58.4 Å². The standard InChI is InChI=1S/C40H25Br/c41-40-36-16-8-6-14-34(36)39(35-15-7-9-17-37(35)40)30-22-23-33-28(24-30)20-18-27-19-21-29(25-38(27)33)32-13-5-4-12-31(32)26-10-2-1-3-11-26/h1-25H/i6D,7D,8D,9D,14D,15D,16D,17D. The predicted molar refractivity (Wildman–Crippen MR) is 180 cm³/mol. The van der Waals surface area contributed by atoms with Crippen molar-refractivity contribution < 1.29 is 11.0 Å². The molecule has 0 aliphatic heterocycles. The average Bonchev–Trinajstić information content (AvgIpc) is 3.13. The summed E-state index contributed by atoms with van der Waals surface area (Å²) in [6.07, 6.45) is 0. The van der Waals surface area contributed by atoms with Gasteiger partial charge < -0.3 is 0 Å². The van der Waals surface area contributed by atoms with Crippen molar-refractivity contribution in [2.75, 3.05) is 0 Å². The Morgan fingerprint density at radius 2 is 0.976 bits per heavy atom. The zero-order chi connectivity index (χ0) is 34.3. The van der Waals surface area contributed by atoms with Crippen molar-refractivity contribution in [2.45, 2.75) is 0 Å². The van der Waals surface area contributed by atoms with Crippen LogP contribution in [0, 0.1) is 0 Å². The van der Waals surface area contributed by atoms with Gasteiger partial charge >= 0.3 is 0 Å². The summed E-state index contributed by atoms with van der Waals surface area (Å²) < 4.78 is 69.5. The van der Waals surface area contributed by atoms with Gasteiger partial charge in [-0.15, -0.1) is 0 Å². The van der Waals surface area contributed by atoms with Crippen LogP contribution in [0.3, 0.4) is 0 Å². The van der Waals surface area contributed by atoms with Crippen LogP contribution in [0.1, 0.15) is 11.0 Å². The van der Waals surface area contributed by atoms with Gasteiger partial charge in [0.1, 0.15) is 0 Å². The van der Waals surface area contributed by atoms with Gasteiger partial charge in [-0.05, 0) is 105 Å². The molecule has 0 aromatic heterocycles. The smallest absolute Gasteiger partial charge is 0.0622 e. The van der Waals surface area contributed by atoms with Gasteiger partial charge in [-0.25, -0.2) is 0 Å². The minimum atomic E-state index is -0.418. The van der Waals surface area contributed by atoms with Gasteiger partial charge in [-0.3, -0.25) is 0 Å². The van der Waals surface area contributed by atoms with Crippen molar-refractivity contribution in [3.8, 4) is 33.4 Å². The second-order valence-electron chi connectivity index (χ2n) is 10.0. The first kappa shape index (κ1) is 17.2. The molecular formula is C40H25Br. The second kappa shape index (κ2) is 9.73. The van der Waals surface area contributed by atoms with Crippen LogP contribution in [-0.4, -0.2) is 0 Å². The van der Waals surface area contributed by atoms with Gasteiger partial charge in [-0.1, -0.05) is 139 Å². The molecule has 0 aliphatic rings. The van der Waals surface area contributed by atoms with Crippen LogP contribution < -0.4 is 0 Å². The molecule has 41 heavy (non-hydrogen) atoms. The summed E-state index contributed by atoms with van der Waals surface area (Å²) in [7, 11) is 0. The number of halogens is 1. The third kappa shape index (κ3) is 3.96. The highest BCUT2D eigenvalue weighted by molar-refractivity contribution is 9.10. The zero-order valence-electron chi connectivity index (χ0n) is 29.7. The monoisotopic (exact) mass is 592 g/mol. The Kier molecular flexibility index (Phi) is 4.07. The lowest BCUT2D eigenvalue weighted by Crippen LogP contribution is -1.88. The summed E-state index contributed by atoms with van der Waals surface area (Å²) in [5, 5.41) is 4.67. The fourth-order valence-electron chi connectivity index (χ4n) is 5.86. The van der Waals surface area contributed by atoms with E-state index in [1.165, 1.54) is 0 Å². The molecule has 8 rings (SSSR count). The van der Waals surface area contributed by atoms with E-state index in [-0.39, 0.29) is 50.2 Å². The first-order valence-corrected chi connectivity index (χ1v) is 14.1. The second-order valence-corrected chi connectivity index (χ2v) is 10.8. The summed E-state index contributed by atoms with van der Waals surface area (Å²) in [5.74, 6) is 0. The number of fused-ring (bicyclic) bond motifs is 5. The molecule has 0 bridgehead atoms. The number of rotatable bonds is 3. The van der Waals surface area contributed by atoms with Crippen molar-refractivity contribution in [3.63, 3.8) is 0 Å². The quantitative estimate of drug-likeness (QED) is 0.141. The molecule has 0 fully saturated rings. The zero-order valence-corrected chi connectivity index (χ0v) is 23.3. The lowest BCUT2D eigenvalue weighted by atomic mass is 9.89. The fraction of sp³-hybridized carbons (Fsp3) is 0. The Labute approximate surface area is 258 Å². The van der Waals surface area contributed by atoms with Crippen molar-refractivity contribution in [1.82, 2.24) is 0 Å². The molecule has 0 aliphatic carbocycles. The van der Waals surface area contributed by atoms with Crippen LogP contribution in [0.2, 0.25) is 0 Å². The molecule has 0 saturated carbocycles. The minimum absolute atomic E-state index is 0.166. The highest BCUT2D eigenvalue weighted by Crippen LogP contribution is 2.43. The highest BCUT2D eigenvalue weighted by atomic mass is 79.9. The molecule has 0 N–H and O–H groups in total. The van der Waals surface area contributed by atoms with Crippen LogP contribution in [0.5, 0.6) is 0 Å². The fourth-order valence-corrected chi connectivity index (χ4v) is 6.45. The Bertz CT molecular complexity index is 2620. The maximum Gasteiger partial charge on any atom is 0.0630 e. The van der Waals surface area contributed by atoms with Crippen molar-refractivity contribution >= 4 is 59.0 Å². The Morgan fingerprint density at radius 1 is 0.415 bits per heavy atom. The highest BCUT2D eigenvalue weighted by Gasteiger charge is 2.15. The van der Waals surface area contributed by atoms with Crippen LogP contribution in [0.25, 0.3) is 76.5 Å². The van der Waals surface area contributed by atoms with Gasteiger partial charge in [0, 0.05) is 4.47 Å². The molecule has 0 atom stereocenters. The summed E-state index contributed by atoms with van der Waals surface area (Å²) in [6, 6.07) is 32.1. The van der Waals surface area contributed by atoms with Crippen LogP contribution in [-0.2, 0) is 0 Å². The molecule has 0 amide bonds. The van der Waals surface area contributed by atoms with Crippen LogP contribution in [0.15, 0.2) is 156 Å². The number of hydrogen-bond acceptors (Lipinski definition) is 0. The van der Waals surface area contributed by atoms with E-state index in [0.717, 1.165) is 43.8 Å². The molecule has 192 valence electrons. The minimum Gasteiger partial charge on any atom is -0.0622 e. The molecule has 0 spiro atoms. The van der Waals surface area contributed by atoms with Crippen molar-refractivity contribution in [3.05, 3.63) is 156 Å². The van der Waals surface area contributed by atoms with E-state index >= 15 is 0 Å². The summed E-state index contributed by atoms with van der Waals surface area (Å²) in [6.45, 7) is 0. The molecule has 0 radical (unpaired) electrons. The topological polar surface area (TPSA) is 0 Å². The molecule has 8 aromatic rings. The lowest BCUT2D eigenvalue weighted by Gasteiger charge is -2.15. The SMILES string of the molecule is [2H]c1c([2H])c([2H])c2c(-c3ccc4c(ccc5ccc(-c6ccccc6-c6ccccc6)cc54)c3)c3c([2H])c([2H])c([2H])c([2H])c3c(Br)c2c1[2H]. The first-order chi connectivity index (χ1) is 23.6. The van der Waals surface area contributed by atoms with Gasteiger partial charge in [0.15, 0.2) is 0 Å². The average molecular weight is 594 g/mol. The van der Waals surface area contributed by atoms with Gasteiger partial charge in [0.25, 0.3) is 0 Å². The molecule has 1 heteroatoms. The molecule has 0 nitrogen and oxygen atoms in total. The molecule has 0 saturated heterocycles.